The Morgan fingerprint density at radius 2 is 2.26 bits per heavy atom. The average molecular weight is 330 g/mol. The van der Waals surface area contributed by atoms with Crippen LogP contribution in [-0.4, -0.2) is 27.2 Å². The summed E-state index contributed by atoms with van der Waals surface area (Å²) in [5.74, 6) is 0.427. The first-order chi connectivity index (χ1) is 11.1. The summed E-state index contributed by atoms with van der Waals surface area (Å²) in [6.07, 6.45) is 3.71. The highest BCUT2D eigenvalue weighted by atomic mass is 32.1. The first-order valence-electron chi connectivity index (χ1n) is 8.00. The van der Waals surface area contributed by atoms with Crippen LogP contribution in [0.4, 0.5) is 0 Å². The molecule has 23 heavy (non-hydrogen) atoms. The average Bonchev–Trinajstić information content (AvgIpc) is 3.03. The molecule has 1 aromatic heterocycles. The topological polar surface area (TPSA) is 66.9 Å². The number of nitrogens with zero attached hydrogens (tertiary/aromatic N) is 2. The molecule has 0 radical (unpaired) electrons. The molecule has 1 saturated carbocycles. The normalized spacial score (nSPS) is 21.5. The molecule has 1 aliphatic rings. The van der Waals surface area contributed by atoms with Gasteiger partial charge in [-0.3, -0.25) is 4.79 Å². The molecule has 0 aliphatic heterocycles. The van der Waals surface area contributed by atoms with Crippen LogP contribution in [0.2, 0.25) is 0 Å². The number of carbonyl (C=O) groups excluding carboxylic acids is 1. The van der Waals surface area contributed by atoms with E-state index >= 15 is 0 Å². The SMILES string of the molecule is Cc1cccc(C(C)NC2CC(CNC(=O)c3cnsn3)C2)c1. The van der Waals surface area contributed by atoms with Gasteiger partial charge in [0.15, 0.2) is 5.69 Å². The lowest BCUT2D eigenvalue weighted by Gasteiger charge is -2.38. The lowest BCUT2D eigenvalue weighted by atomic mass is 9.79. The van der Waals surface area contributed by atoms with Gasteiger partial charge >= 0.3 is 0 Å². The third kappa shape index (κ3) is 4.14. The minimum Gasteiger partial charge on any atom is -0.350 e. The maximum absolute atomic E-state index is 11.8. The molecule has 122 valence electrons. The molecule has 1 unspecified atom stereocenters. The van der Waals surface area contributed by atoms with Crippen LogP contribution in [-0.2, 0) is 0 Å². The molecule has 1 atom stereocenters. The van der Waals surface area contributed by atoms with E-state index in [1.54, 1.807) is 0 Å². The summed E-state index contributed by atoms with van der Waals surface area (Å²) in [5, 5.41) is 6.61. The lowest BCUT2D eigenvalue weighted by molar-refractivity contribution is 0.0925. The van der Waals surface area contributed by atoms with Crippen LogP contribution in [0.25, 0.3) is 0 Å². The van der Waals surface area contributed by atoms with E-state index in [1.165, 1.54) is 17.3 Å². The van der Waals surface area contributed by atoms with Crippen molar-refractivity contribution < 1.29 is 4.79 Å². The number of aromatic nitrogens is 2. The molecular formula is C17H22N4OS. The Balaban J connectivity index is 1.38. The molecular weight excluding hydrogens is 308 g/mol. The van der Waals surface area contributed by atoms with Crippen molar-refractivity contribution >= 4 is 17.6 Å². The molecule has 6 heteroatoms. The molecule has 0 bridgehead atoms. The van der Waals surface area contributed by atoms with Crippen LogP contribution in [0.1, 0.15) is 47.4 Å². The monoisotopic (exact) mass is 330 g/mol. The van der Waals surface area contributed by atoms with Gasteiger partial charge in [0.05, 0.1) is 17.9 Å². The van der Waals surface area contributed by atoms with Crippen molar-refractivity contribution in [2.24, 2.45) is 5.92 Å². The number of amides is 1. The van der Waals surface area contributed by atoms with Gasteiger partial charge in [0.25, 0.3) is 5.91 Å². The number of rotatable bonds is 6. The van der Waals surface area contributed by atoms with Gasteiger partial charge in [-0.2, -0.15) is 8.75 Å². The highest BCUT2D eigenvalue weighted by Gasteiger charge is 2.30. The standard InChI is InChI=1S/C17H22N4OS/c1-11-4-3-5-14(6-11)12(2)20-15-7-13(8-15)9-18-17(22)16-10-19-23-21-16/h3-6,10,12-13,15,20H,7-9H2,1-2H3,(H,18,22). The van der Waals surface area contributed by atoms with Gasteiger partial charge in [0, 0.05) is 18.6 Å². The third-order valence-corrected chi connectivity index (χ3v) is 4.89. The van der Waals surface area contributed by atoms with E-state index in [4.69, 9.17) is 0 Å². The maximum Gasteiger partial charge on any atom is 0.272 e. The van der Waals surface area contributed by atoms with Gasteiger partial charge in [-0.05, 0) is 38.2 Å². The van der Waals surface area contributed by atoms with Crippen LogP contribution in [0, 0.1) is 12.8 Å². The molecule has 1 aliphatic carbocycles. The summed E-state index contributed by atoms with van der Waals surface area (Å²) in [7, 11) is 0. The van der Waals surface area contributed by atoms with E-state index in [-0.39, 0.29) is 5.91 Å². The fourth-order valence-electron chi connectivity index (χ4n) is 3.02. The van der Waals surface area contributed by atoms with Crippen molar-refractivity contribution in [3.8, 4) is 0 Å². The number of hydrogen-bond acceptors (Lipinski definition) is 5. The van der Waals surface area contributed by atoms with Gasteiger partial charge in [0.1, 0.15) is 0 Å². The summed E-state index contributed by atoms with van der Waals surface area (Å²) < 4.78 is 7.78. The van der Waals surface area contributed by atoms with Gasteiger partial charge in [0.2, 0.25) is 0 Å². The number of carbonyl (C=O) groups is 1. The Labute approximate surface area is 140 Å². The van der Waals surface area contributed by atoms with Crippen LogP contribution >= 0.6 is 11.7 Å². The van der Waals surface area contributed by atoms with Crippen LogP contribution in [0.3, 0.4) is 0 Å². The van der Waals surface area contributed by atoms with Gasteiger partial charge in [-0.25, -0.2) is 0 Å². The summed E-state index contributed by atoms with van der Waals surface area (Å²) in [6, 6.07) is 9.52. The lowest BCUT2D eigenvalue weighted by Crippen LogP contribution is -2.46. The number of benzene rings is 1. The highest BCUT2D eigenvalue weighted by Crippen LogP contribution is 2.29. The molecule has 5 nitrogen and oxygen atoms in total. The van der Waals surface area contributed by atoms with E-state index in [9.17, 15) is 4.79 Å². The molecule has 1 heterocycles. The Hall–Kier alpha value is -1.79. The van der Waals surface area contributed by atoms with E-state index in [0.29, 0.717) is 30.2 Å². The second kappa shape index (κ2) is 7.19. The molecule has 2 N–H and O–H groups in total. The Kier molecular flexibility index (Phi) is 5.03. The minimum atomic E-state index is -0.122. The van der Waals surface area contributed by atoms with E-state index in [1.807, 2.05) is 0 Å². The van der Waals surface area contributed by atoms with Gasteiger partial charge in [-0.1, -0.05) is 29.8 Å². The first kappa shape index (κ1) is 16.1. The van der Waals surface area contributed by atoms with Crippen molar-refractivity contribution in [2.45, 2.75) is 38.8 Å². The second-order valence-electron chi connectivity index (χ2n) is 6.34. The van der Waals surface area contributed by atoms with E-state index in [0.717, 1.165) is 24.6 Å². The van der Waals surface area contributed by atoms with Gasteiger partial charge < -0.3 is 10.6 Å². The summed E-state index contributed by atoms with van der Waals surface area (Å²) in [5.41, 5.74) is 3.04. The Morgan fingerprint density at radius 3 is 2.96 bits per heavy atom. The van der Waals surface area contributed by atoms with Crippen molar-refractivity contribution in [1.29, 1.82) is 0 Å². The van der Waals surface area contributed by atoms with Crippen LogP contribution in [0.15, 0.2) is 30.5 Å². The molecule has 1 aromatic carbocycles. The zero-order valence-electron chi connectivity index (χ0n) is 13.5. The summed E-state index contributed by atoms with van der Waals surface area (Å²) in [6.45, 7) is 5.04. The summed E-state index contributed by atoms with van der Waals surface area (Å²) >= 11 is 1.06. The number of hydrogen-bond donors (Lipinski definition) is 2. The fraction of sp³-hybridized carbons (Fsp3) is 0.471. The van der Waals surface area contributed by atoms with Crippen molar-refractivity contribution in [2.75, 3.05) is 6.54 Å². The first-order valence-corrected chi connectivity index (χ1v) is 8.73. The molecule has 0 saturated heterocycles. The largest absolute Gasteiger partial charge is 0.350 e. The minimum absolute atomic E-state index is 0.122. The van der Waals surface area contributed by atoms with E-state index < -0.39 is 0 Å². The maximum atomic E-state index is 11.8. The van der Waals surface area contributed by atoms with Crippen molar-refractivity contribution in [1.82, 2.24) is 19.4 Å². The molecule has 0 spiro atoms. The molecule has 1 fully saturated rings. The van der Waals surface area contributed by atoms with E-state index in [2.05, 4.69) is 57.5 Å². The quantitative estimate of drug-likeness (QED) is 0.854. The zero-order valence-corrected chi connectivity index (χ0v) is 14.3. The molecule has 1 amide bonds. The fourth-order valence-corrected chi connectivity index (χ4v) is 3.43. The highest BCUT2D eigenvalue weighted by molar-refractivity contribution is 6.99. The van der Waals surface area contributed by atoms with Crippen molar-refractivity contribution in [3.05, 3.63) is 47.3 Å². The summed E-state index contributed by atoms with van der Waals surface area (Å²) in [4.78, 5) is 11.8. The molecule has 3 rings (SSSR count). The Bertz CT molecular complexity index is 652. The number of nitrogens with one attached hydrogen (secondary N) is 2. The smallest absolute Gasteiger partial charge is 0.272 e. The van der Waals surface area contributed by atoms with Gasteiger partial charge in [-0.15, -0.1) is 0 Å². The third-order valence-electron chi connectivity index (χ3n) is 4.41. The predicted molar refractivity (Wildman–Crippen MR) is 91.5 cm³/mol. The van der Waals surface area contributed by atoms with Crippen LogP contribution < -0.4 is 10.6 Å². The van der Waals surface area contributed by atoms with Crippen molar-refractivity contribution in [3.63, 3.8) is 0 Å². The molecule has 2 aromatic rings. The van der Waals surface area contributed by atoms with Crippen LogP contribution in [0.5, 0.6) is 0 Å². The second-order valence-corrected chi connectivity index (χ2v) is 6.90. The predicted octanol–water partition coefficient (Wildman–Crippen LogP) is 2.71. The Morgan fingerprint density at radius 1 is 1.43 bits per heavy atom. The zero-order chi connectivity index (χ0) is 16.2. The number of aryl methyl sites for hydroxylation is 1.